The highest BCUT2D eigenvalue weighted by Crippen LogP contribution is 2.20. The molecule has 18 heavy (non-hydrogen) atoms. The lowest BCUT2D eigenvalue weighted by molar-refractivity contribution is 0.340. The molecule has 2 aromatic rings. The molecule has 4 nitrogen and oxygen atoms in total. The van der Waals surface area contributed by atoms with E-state index in [-0.39, 0.29) is 5.56 Å². The second-order valence-corrected chi connectivity index (χ2v) is 4.09. The zero-order chi connectivity index (χ0) is 13.1. The van der Waals surface area contributed by atoms with Crippen LogP contribution in [-0.4, -0.2) is 16.6 Å². The molecule has 2 rings (SSSR count). The molecule has 0 aliphatic carbocycles. The summed E-state index contributed by atoms with van der Waals surface area (Å²) in [6, 6.07) is 7.54. The van der Waals surface area contributed by atoms with Gasteiger partial charge in [0.1, 0.15) is 11.6 Å². The Bertz CT molecular complexity index is 617. The van der Waals surface area contributed by atoms with Crippen molar-refractivity contribution in [2.24, 2.45) is 0 Å². The molecule has 0 atom stereocenters. The summed E-state index contributed by atoms with van der Waals surface area (Å²) in [6.45, 7) is 6.14. The summed E-state index contributed by atoms with van der Waals surface area (Å²) >= 11 is 0. The molecule has 94 valence electrons. The maximum atomic E-state index is 11.7. The van der Waals surface area contributed by atoms with Gasteiger partial charge in [0.05, 0.1) is 6.61 Å². The molecule has 0 unspecified atom stereocenters. The molecule has 0 spiro atoms. The maximum absolute atomic E-state index is 11.7. The van der Waals surface area contributed by atoms with E-state index in [1.807, 2.05) is 38.1 Å². The summed E-state index contributed by atoms with van der Waals surface area (Å²) in [5.41, 5.74) is 2.15. The van der Waals surface area contributed by atoms with E-state index < -0.39 is 0 Å². The van der Waals surface area contributed by atoms with E-state index in [4.69, 9.17) is 4.74 Å². The second kappa shape index (κ2) is 5.04. The molecule has 0 saturated heterocycles. The number of aromatic nitrogens is 2. The quantitative estimate of drug-likeness (QED) is 0.902. The molecule has 0 fully saturated rings. The van der Waals surface area contributed by atoms with Gasteiger partial charge in [-0.2, -0.15) is 0 Å². The average molecular weight is 244 g/mol. The standard InChI is InChI=1S/C14H16N2O2/c1-4-18-12-7-5-6-11(8-12)13-15-10(3)9(2)14(17)16-13/h5-8H,4H2,1-3H3,(H,15,16,17). The van der Waals surface area contributed by atoms with Crippen LogP contribution >= 0.6 is 0 Å². The lowest BCUT2D eigenvalue weighted by Crippen LogP contribution is -2.14. The molecule has 1 aromatic carbocycles. The van der Waals surface area contributed by atoms with Crippen LogP contribution < -0.4 is 10.3 Å². The highest BCUT2D eigenvalue weighted by molar-refractivity contribution is 5.57. The SMILES string of the molecule is CCOc1cccc(-c2nc(C)c(C)c(=O)[nH]2)c1. The van der Waals surface area contributed by atoms with Crippen LogP contribution in [0.15, 0.2) is 29.1 Å². The monoisotopic (exact) mass is 244 g/mol. The molecule has 1 N–H and O–H groups in total. The summed E-state index contributed by atoms with van der Waals surface area (Å²) in [7, 11) is 0. The van der Waals surface area contributed by atoms with E-state index in [0.29, 0.717) is 18.0 Å². The zero-order valence-electron chi connectivity index (χ0n) is 10.8. The van der Waals surface area contributed by atoms with Crippen molar-refractivity contribution in [3.63, 3.8) is 0 Å². The topological polar surface area (TPSA) is 55.0 Å². The fourth-order valence-electron chi connectivity index (χ4n) is 1.68. The van der Waals surface area contributed by atoms with Crippen LogP contribution in [0, 0.1) is 13.8 Å². The van der Waals surface area contributed by atoms with Crippen LogP contribution in [-0.2, 0) is 0 Å². The van der Waals surface area contributed by atoms with E-state index in [2.05, 4.69) is 9.97 Å². The molecule has 0 radical (unpaired) electrons. The molecule has 0 saturated carbocycles. The van der Waals surface area contributed by atoms with Gasteiger partial charge in [0.15, 0.2) is 0 Å². The Morgan fingerprint density at radius 2 is 2.11 bits per heavy atom. The van der Waals surface area contributed by atoms with Gasteiger partial charge in [-0.1, -0.05) is 12.1 Å². The molecular weight excluding hydrogens is 228 g/mol. The van der Waals surface area contributed by atoms with E-state index in [1.165, 1.54) is 0 Å². The molecule has 1 heterocycles. The number of aromatic amines is 1. The van der Waals surface area contributed by atoms with Crippen molar-refractivity contribution in [1.29, 1.82) is 0 Å². The summed E-state index contributed by atoms with van der Waals surface area (Å²) < 4.78 is 5.43. The molecule has 1 aromatic heterocycles. The third-order valence-corrected chi connectivity index (χ3v) is 2.81. The molecule has 0 aliphatic rings. The van der Waals surface area contributed by atoms with Crippen LogP contribution in [0.1, 0.15) is 18.2 Å². The van der Waals surface area contributed by atoms with Crippen LogP contribution in [0.3, 0.4) is 0 Å². The van der Waals surface area contributed by atoms with Gasteiger partial charge in [-0.25, -0.2) is 4.98 Å². The van der Waals surface area contributed by atoms with Crippen LogP contribution in [0.5, 0.6) is 5.75 Å². The Hall–Kier alpha value is -2.10. The van der Waals surface area contributed by atoms with Crippen molar-refractivity contribution in [1.82, 2.24) is 9.97 Å². The molecule has 0 aliphatic heterocycles. The van der Waals surface area contributed by atoms with Gasteiger partial charge < -0.3 is 9.72 Å². The predicted molar refractivity (Wildman–Crippen MR) is 70.9 cm³/mol. The lowest BCUT2D eigenvalue weighted by Gasteiger charge is -2.07. The normalized spacial score (nSPS) is 10.4. The van der Waals surface area contributed by atoms with Crippen LogP contribution in [0.2, 0.25) is 0 Å². The predicted octanol–water partition coefficient (Wildman–Crippen LogP) is 2.45. The van der Waals surface area contributed by atoms with E-state index >= 15 is 0 Å². The Labute approximate surface area is 106 Å². The number of H-pyrrole nitrogens is 1. The number of ether oxygens (including phenoxy) is 1. The van der Waals surface area contributed by atoms with Gasteiger partial charge in [-0.15, -0.1) is 0 Å². The summed E-state index contributed by atoms with van der Waals surface area (Å²) in [5.74, 6) is 1.35. The van der Waals surface area contributed by atoms with Crippen molar-refractivity contribution in [3.05, 3.63) is 45.9 Å². The number of hydrogen-bond donors (Lipinski definition) is 1. The third kappa shape index (κ3) is 2.42. The Morgan fingerprint density at radius 3 is 2.78 bits per heavy atom. The first-order valence-electron chi connectivity index (χ1n) is 5.92. The lowest BCUT2D eigenvalue weighted by atomic mass is 10.2. The third-order valence-electron chi connectivity index (χ3n) is 2.81. The minimum Gasteiger partial charge on any atom is -0.494 e. The van der Waals surface area contributed by atoms with Gasteiger partial charge in [-0.05, 0) is 32.9 Å². The van der Waals surface area contributed by atoms with Crippen molar-refractivity contribution >= 4 is 0 Å². The molecular formula is C14H16N2O2. The number of benzene rings is 1. The summed E-state index contributed by atoms with van der Waals surface area (Å²) in [4.78, 5) is 18.9. The Balaban J connectivity index is 2.48. The van der Waals surface area contributed by atoms with Gasteiger partial charge in [-0.3, -0.25) is 4.79 Å². The summed E-state index contributed by atoms with van der Waals surface area (Å²) in [5, 5.41) is 0. The molecule has 0 amide bonds. The first kappa shape index (κ1) is 12.4. The number of rotatable bonds is 3. The van der Waals surface area contributed by atoms with E-state index in [9.17, 15) is 4.79 Å². The van der Waals surface area contributed by atoms with Crippen molar-refractivity contribution in [3.8, 4) is 17.1 Å². The van der Waals surface area contributed by atoms with Gasteiger partial charge >= 0.3 is 0 Å². The summed E-state index contributed by atoms with van der Waals surface area (Å²) in [6.07, 6.45) is 0. The van der Waals surface area contributed by atoms with E-state index in [1.54, 1.807) is 6.92 Å². The van der Waals surface area contributed by atoms with Gasteiger partial charge in [0, 0.05) is 16.8 Å². The Morgan fingerprint density at radius 1 is 1.33 bits per heavy atom. The fraction of sp³-hybridized carbons (Fsp3) is 0.286. The Kier molecular flexibility index (Phi) is 3.46. The number of nitrogens with zero attached hydrogens (tertiary/aromatic N) is 1. The van der Waals surface area contributed by atoms with Gasteiger partial charge in [0.25, 0.3) is 5.56 Å². The second-order valence-electron chi connectivity index (χ2n) is 4.09. The van der Waals surface area contributed by atoms with Crippen molar-refractivity contribution in [2.75, 3.05) is 6.61 Å². The maximum Gasteiger partial charge on any atom is 0.254 e. The first-order chi connectivity index (χ1) is 8.61. The number of aryl methyl sites for hydroxylation is 1. The van der Waals surface area contributed by atoms with Crippen molar-refractivity contribution in [2.45, 2.75) is 20.8 Å². The van der Waals surface area contributed by atoms with E-state index in [0.717, 1.165) is 17.0 Å². The van der Waals surface area contributed by atoms with Crippen LogP contribution in [0.25, 0.3) is 11.4 Å². The minimum atomic E-state index is -0.0979. The first-order valence-corrected chi connectivity index (χ1v) is 5.92. The fourth-order valence-corrected chi connectivity index (χ4v) is 1.68. The zero-order valence-corrected chi connectivity index (χ0v) is 10.8. The highest BCUT2D eigenvalue weighted by Gasteiger charge is 2.06. The minimum absolute atomic E-state index is 0.0979. The van der Waals surface area contributed by atoms with Crippen molar-refractivity contribution < 1.29 is 4.74 Å². The molecule has 0 bridgehead atoms. The average Bonchev–Trinajstić information content (AvgIpc) is 2.36. The van der Waals surface area contributed by atoms with Crippen LogP contribution in [0.4, 0.5) is 0 Å². The molecule has 4 heteroatoms. The van der Waals surface area contributed by atoms with Gasteiger partial charge in [0.2, 0.25) is 0 Å². The highest BCUT2D eigenvalue weighted by atomic mass is 16.5. The number of nitrogens with one attached hydrogen (secondary N) is 1. The largest absolute Gasteiger partial charge is 0.494 e. The number of hydrogen-bond acceptors (Lipinski definition) is 3. The smallest absolute Gasteiger partial charge is 0.254 e.